The van der Waals surface area contributed by atoms with Crippen molar-refractivity contribution in [3.63, 3.8) is 0 Å². The lowest BCUT2D eigenvalue weighted by atomic mass is 10.1. The molecular formula is C17H16FNO4S. The summed E-state index contributed by atoms with van der Waals surface area (Å²) < 4.78 is 44.3. The minimum Gasteiger partial charge on any atom is -0.497 e. The molecule has 2 aromatic rings. The lowest BCUT2D eigenvalue weighted by molar-refractivity contribution is -0.120. The Bertz CT molecular complexity index is 847. The van der Waals surface area contributed by atoms with Crippen molar-refractivity contribution in [2.24, 2.45) is 5.92 Å². The summed E-state index contributed by atoms with van der Waals surface area (Å²) in [5.41, 5.74) is 0.968. The zero-order valence-electron chi connectivity index (χ0n) is 12.9. The van der Waals surface area contributed by atoms with Gasteiger partial charge in [0.2, 0.25) is 5.91 Å². The van der Waals surface area contributed by atoms with Crippen LogP contribution in [0.5, 0.6) is 5.75 Å². The number of benzene rings is 2. The Hall–Kier alpha value is -2.41. The Kier molecular flexibility index (Phi) is 4.28. The number of methoxy groups -OCH3 is 1. The second-order valence-corrected chi connectivity index (χ2v) is 7.33. The van der Waals surface area contributed by atoms with Gasteiger partial charge in [-0.1, -0.05) is 12.1 Å². The summed E-state index contributed by atoms with van der Waals surface area (Å²) in [4.78, 5) is 12.0. The number of hydrogen-bond acceptors (Lipinski definition) is 4. The molecule has 0 spiro atoms. The fourth-order valence-corrected chi connectivity index (χ4v) is 3.61. The van der Waals surface area contributed by atoms with Crippen molar-refractivity contribution in [3.8, 4) is 5.75 Å². The van der Waals surface area contributed by atoms with Crippen molar-refractivity contribution >= 4 is 15.9 Å². The fraction of sp³-hybridized carbons (Fsp3) is 0.235. The van der Waals surface area contributed by atoms with Gasteiger partial charge in [-0.2, -0.15) is 0 Å². The van der Waals surface area contributed by atoms with Crippen LogP contribution in [-0.4, -0.2) is 21.4 Å². The van der Waals surface area contributed by atoms with Crippen LogP contribution in [0.2, 0.25) is 0 Å². The van der Waals surface area contributed by atoms with E-state index in [0.717, 1.165) is 35.6 Å². The molecule has 1 fully saturated rings. The first kappa shape index (κ1) is 16.4. The van der Waals surface area contributed by atoms with Crippen LogP contribution in [-0.2, 0) is 14.8 Å². The molecule has 0 aromatic heterocycles. The zero-order chi connectivity index (χ0) is 17.3. The van der Waals surface area contributed by atoms with Crippen molar-refractivity contribution in [2.75, 3.05) is 7.11 Å². The summed E-state index contributed by atoms with van der Waals surface area (Å²) in [6, 6.07) is 11.7. The van der Waals surface area contributed by atoms with Crippen LogP contribution in [0, 0.1) is 11.7 Å². The molecular weight excluding hydrogens is 333 g/mol. The highest BCUT2D eigenvalue weighted by atomic mass is 32.2. The van der Waals surface area contributed by atoms with Gasteiger partial charge < -0.3 is 4.74 Å². The highest BCUT2D eigenvalue weighted by Crippen LogP contribution is 2.47. The van der Waals surface area contributed by atoms with Gasteiger partial charge in [0.1, 0.15) is 11.6 Å². The minimum atomic E-state index is -3.98. The summed E-state index contributed by atoms with van der Waals surface area (Å²) in [5, 5.41) is 0. The van der Waals surface area contributed by atoms with Gasteiger partial charge in [0.05, 0.1) is 12.0 Å². The molecule has 1 N–H and O–H groups in total. The number of hydrogen-bond donors (Lipinski definition) is 1. The maximum atomic E-state index is 12.9. The SMILES string of the molecule is COc1ccc(C2CC2C(=O)NS(=O)(=O)c2ccc(F)cc2)cc1. The minimum absolute atomic E-state index is 0.000626. The van der Waals surface area contributed by atoms with Gasteiger partial charge in [-0.3, -0.25) is 4.79 Å². The molecule has 126 valence electrons. The van der Waals surface area contributed by atoms with Crippen LogP contribution in [0.15, 0.2) is 53.4 Å². The summed E-state index contributed by atoms with van der Waals surface area (Å²) >= 11 is 0. The Morgan fingerprint density at radius 2 is 1.75 bits per heavy atom. The second-order valence-electron chi connectivity index (χ2n) is 5.65. The van der Waals surface area contributed by atoms with E-state index in [9.17, 15) is 17.6 Å². The number of amides is 1. The fourth-order valence-electron chi connectivity index (χ4n) is 2.59. The highest BCUT2D eigenvalue weighted by molar-refractivity contribution is 7.90. The van der Waals surface area contributed by atoms with Crippen LogP contribution in [0.25, 0.3) is 0 Å². The molecule has 3 rings (SSSR count). The van der Waals surface area contributed by atoms with Gasteiger partial charge in [-0.05, 0) is 54.3 Å². The van der Waals surface area contributed by atoms with Crippen LogP contribution >= 0.6 is 0 Å². The van der Waals surface area contributed by atoms with E-state index in [1.165, 1.54) is 0 Å². The van der Waals surface area contributed by atoms with Crippen LogP contribution in [0.3, 0.4) is 0 Å². The molecule has 1 amide bonds. The van der Waals surface area contributed by atoms with Gasteiger partial charge >= 0.3 is 0 Å². The molecule has 7 heteroatoms. The van der Waals surface area contributed by atoms with Crippen molar-refractivity contribution < 1.29 is 22.3 Å². The van der Waals surface area contributed by atoms with Crippen molar-refractivity contribution in [1.29, 1.82) is 0 Å². The summed E-state index contributed by atoms with van der Waals surface area (Å²) in [7, 11) is -2.41. The van der Waals surface area contributed by atoms with Crippen molar-refractivity contribution in [2.45, 2.75) is 17.2 Å². The Labute approximate surface area is 139 Å². The van der Waals surface area contributed by atoms with E-state index in [0.29, 0.717) is 6.42 Å². The number of nitrogens with one attached hydrogen (secondary N) is 1. The van der Waals surface area contributed by atoms with E-state index >= 15 is 0 Å². The van der Waals surface area contributed by atoms with Gasteiger partial charge in [0.15, 0.2) is 0 Å². The van der Waals surface area contributed by atoms with E-state index < -0.39 is 21.7 Å². The first-order valence-corrected chi connectivity index (χ1v) is 8.85. The number of halogens is 1. The number of carbonyl (C=O) groups excluding carboxylic acids is 1. The van der Waals surface area contributed by atoms with E-state index in [2.05, 4.69) is 4.72 Å². The third kappa shape index (κ3) is 3.41. The number of ether oxygens (including phenoxy) is 1. The van der Waals surface area contributed by atoms with E-state index in [4.69, 9.17) is 4.74 Å². The van der Waals surface area contributed by atoms with Gasteiger partial charge in [-0.15, -0.1) is 0 Å². The first-order chi connectivity index (χ1) is 11.4. The average molecular weight is 349 g/mol. The van der Waals surface area contributed by atoms with E-state index in [1.807, 2.05) is 12.1 Å². The highest BCUT2D eigenvalue weighted by Gasteiger charge is 2.45. The molecule has 0 aliphatic heterocycles. The van der Waals surface area contributed by atoms with E-state index in [-0.39, 0.29) is 16.7 Å². The molecule has 0 heterocycles. The number of sulfonamides is 1. The molecule has 2 atom stereocenters. The summed E-state index contributed by atoms with van der Waals surface area (Å²) in [5.74, 6) is -0.741. The summed E-state index contributed by atoms with van der Waals surface area (Å²) in [6.45, 7) is 0. The Balaban J connectivity index is 1.66. The lowest BCUT2D eigenvalue weighted by Gasteiger charge is -2.07. The molecule has 24 heavy (non-hydrogen) atoms. The lowest BCUT2D eigenvalue weighted by Crippen LogP contribution is -2.32. The second kappa shape index (κ2) is 6.24. The van der Waals surface area contributed by atoms with E-state index in [1.54, 1.807) is 19.2 Å². The molecule has 1 saturated carbocycles. The summed E-state index contributed by atoms with van der Waals surface area (Å²) in [6.07, 6.45) is 0.594. The average Bonchev–Trinajstić information content (AvgIpc) is 3.36. The molecule has 1 aliphatic rings. The molecule has 2 unspecified atom stereocenters. The normalized spacial score (nSPS) is 19.6. The van der Waals surface area contributed by atoms with Crippen LogP contribution < -0.4 is 9.46 Å². The molecule has 0 radical (unpaired) electrons. The number of rotatable bonds is 5. The smallest absolute Gasteiger partial charge is 0.264 e. The predicted octanol–water partition coefficient (Wildman–Crippen LogP) is 2.44. The molecule has 0 bridgehead atoms. The quantitative estimate of drug-likeness (QED) is 0.900. The predicted molar refractivity (Wildman–Crippen MR) is 85.6 cm³/mol. The number of carbonyl (C=O) groups is 1. The molecule has 2 aromatic carbocycles. The monoisotopic (exact) mass is 349 g/mol. The third-order valence-electron chi connectivity index (χ3n) is 4.03. The molecule has 0 saturated heterocycles. The molecule has 5 nitrogen and oxygen atoms in total. The topological polar surface area (TPSA) is 72.5 Å². The standard InChI is InChI=1S/C17H16FNO4S/c1-23-13-6-2-11(3-7-13)15-10-16(15)17(20)19-24(21,22)14-8-4-12(18)5-9-14/h2-9,15-16H,10H2,1H3,(H,19,20). The maximum Gasteiger partial charge on any atom is 0.264 e. The van der Waals surface area contributed by atoms with Crippen molar-refractivity contribution in [3.05, 3.63) is 59.9 Å². The third-order valence-corrected chi connectivity index (χ3v) is 5.39. The Morgan fingerprint density at radius 1 is 1.12 bits per heavy atom. The Morgan fingerprint density at radius 3 is 2.33 bits per heavy atom. The largest absolute Gasteiger partial charge is 0.497 e. The zero-order valence-corrected chi connectivity index (χ0v) is 13.7. The molecule has 1 aliphatic carbocycles. The van der Waals surface area contributed by atoms with Gasteiger partial charge in [-0.25, -0.2) is 17.5 Å². The van der Waals surface area contributed by atoms with Gasteiger partial charge in [0.25, 0.3) is 10.0 Å². The van der Waals surface area contributed by atoms with Crippen molar-refractivity contribution in [1.82, 2.24) is 4.72 Å². The van der Waals surface area contributed by atoms with Crippen LogP contribution in [0.4, 0.5) is 4.39 Å². The first-order valence-electron chi connectivity index (χ1n) is 7.37. The van der Waals surface area contributed by atoms with Crippen LogP contribution in [0.1, 0.15) is 17.9 Å². The van der Waals surface area contributed by atoms with Gasteiger partial charge in [0, 0.05) is 5.92 Å². The maximum absolute atomic E-state index is 12.9.